The van der Waals surface area contributed by atoms with E-state index in [0.717, 1.165) is 24.2 Å². The maximum Gasteiger partial charge on any atom is 0.270 e. The molecule has 1 aromatic carbocycles. The Balaban J connectivity index is 1.93. The summed E-state index contributed by atoms with van der Waals surface area (Å²) in [5.74, 6) is 0.284. The molecule has 0 aliphatic carbocycles. The van der Waals surface area contributed by atoms with Crippen LogP contribution in [0.15, 0.2) is 36.4 Å². The molecule has 3 rings (SSSR count). The van der Waals surface area contributed by atoms with Gasteiger partial charge in [0.15, 0.2) is 0 Å². The normalized spacial score (nSPS) is 22.8. The molecule has 0 unspecified atom stereocenters. The van der Waals surface area contributed by atoms with Gasteiger partial charge in [-0.15, -0.1) is 0 Å². The number of nitrogens with zero attached hydrogens (tertiary/aromatic N) is 2. The zero-order valence-electron chi connectivity index (χ0n) is 16.4. The maximum absolute atomic E-state index is 13.2. The fourth-order valence-corrected chi connectivity index (χ4v) is 3.83. The smallest absolute Gasteiger partial charge is 0.270 e. The SMILES string of the molecule is CCn1nc(CC(C)C)cc1C(=O)N[C@]1(c2ccccc2)CCNC[C@H]1O. The average molecular weight is 370 g/mol. The summed E-state index contributed by atoms with van der Waals surface area (Å²) in [5.41, 5.74) is 1.60. The first-order valence-corrected chi connectivity index (χ1v) is 9.79. The molecule has 0 bridgehead atoms. The van der Waals surface area contributed by atoms with Gasteiger partial charge in [-0.25, -0.2) is 0 Å². The number of nitrogens with one attached hydrogen (secondary N) is 2. The molecule has 1 amide bonds. The highest BCUT2D eigenvalue weighted by Gasteiger charge is 2.43. The second kappa shape index (κ2) is 8.23. The van der Waals surface area contributed by atoms with Crippen LogP contribution < -0.4 is 10.6 Å². The van der Waals surface area contributed by atoms with Crippen molar-refractivity contribution in [3.8, 4) is 0 Å². The number of carbonyl (C=O) groups excluding carboxylic acids is 1. The van der Waals surface area contributed by atoms with E-state index in [1.807, 2.05) is 43.3 Å². The molecule has 2 atom stereocenters. The number of rotatable bonds is 6. The molecule has 6 heteroatoms. The van der Waals surface area contributed by atoms with E-state index in [4.69, 9.17) is 0 Å². The Morgan fingerprint density at radius 3 is 2.78 bits per heavy atom. The molecule has 3 N–H and O–H groups in total. The van der Waals surface area contributed by atoms with E-state index in [0.29, 0.717) is 31.1 Å². The fraction of sp³-hybridized carbons (Fsp3) is 0.524. The predicted molar refractivity (Wildman–Crippen MR) is 106 cm³/mol. The predicted octanol–water partition coefficient (Wildman–Crippen LogP) is 2.08. The first-order valence-electron chi connectivity index (χ1n) is 9.79. The fourth-order valence-electron chi connectivity index (χ4n) is 3.83. The van der Waals surface area contributed by atoms with Gasteiger partial charge in [0.25, 0.3) is 5.91 Å². The maximum atomic E-state index is 13.2. The summed E-state index contributed by atoms with van der Waals surface area (Å²) in [7, 11) is 0. The minimum Gasteiger partial charge on any atom is -0.389 e. The monoisotopic (exact) mass is 370 g/mol. The highest BCUT2D eigenvalue weighted by Crippen LogP contribution is 2.31. The van der Waals surface area contributed by atoms with Crippen LogP contribution in [0.1, 0.15) is 48.9 Å². The lowest BCUT2D eigenvalue weighted by Crippen LogP contribution is -2.61. The Morgan fingerprint density at radius 1 is 1.41 bits per heavy atom. The van der Waals surface area contributed by atoms with E-state index in [1.54, 1.807) is 4.68 Å². The summed E-state index contributed by atoms with van der Waals surface area (Å²) in [4.78, 5) is 13.2. The van der Waals surface area contributed by atoms with Crippen LogP contribution in [0.2, 0.25) is 0 Å². The summed E-state index contributed by atoms with van der Waals surface area (Å²) in [6, 6.07) is 11.6. The topological polar surface area (TPSA) is 79.2 Å². The first kappa shape index (κ1) is 19.6. The van der Waals surface area contributed by atoms with Gasteiger partial charge in [-0.1, -0.05) is 44.2 Å². The third-order valence-electron chi connectivity index (χ3n) is 5.21. The van der Waals surface area contributed by atoms with Crippen LogP contribution in [-0.4, -0.2) is 40.0 Å². The van der Waals surface area contributed by atoms with Gasteiger partial charge in [-0.2, -0.15) is 5.10 Å². The van der Waals surface area contributed by atoms with E-state index in [9.17, 15) is 9.90 Å². The van der Waals surface area contributed by atoms with Gasteiger partial charge in [0.1, 0.15) is 5.69 Å². The molecule has 146 valence electrons. The Hall–Kier alpha value is -2.18. The Kier molecular flexibility index (Phi) is 5.97. The molecule has 0 saturated carbocycles. The van der Waals surface area contributed by atoms with Gasteiger partial charge in [0, 0.05) is 13.1 Å². The number of aryl methyl sites for hydroxylation is 1. The number of hydrogen-bond donors (Lipinski definition) is 3. The Bertz CT molecular complexity index is 772. The zero-order chi connectivity index (χ0) is 19.4. The molecule has 1 fully saturated rings. The molecule has 1 aromatic heterocycles. The largest absolute Gasteiger partial charge is 0.389 e. The van der Waals surface area contributed by atoms with Crippen LogP contribution in [0.25, 0.3) is 0 Å². The molecule has 27 heavy (non-hydrogen) atoms. The highest BCUT2D eigenvalue weighted by atomic mass is 16.3. The van der Waals surface area contributed by atoms with Gasteiger partial charge in [0.05, 0.1) is 17.3 Å². The van der Waals surface area contributed by atoms with Gasteiger partial charge in [-0.3, -0.25) is 9.48 Å². The van der Waals surface area contributed by atoms with E-state index < -0.39 is 11.6 Å². The van der Waals surface area contributed by atoms with Crippen LogP contribution >= 0.6 is 0 Å². The Morgan fingerprint density at radius 2 is 2.15 bits per heavy atom. The van der Waals surface area contributed by atoms with Crippen molar-refractivity contribution in [2.75, 3.05) is 13.1 Å². The van der Waals surface area contributed by atoms with Crippen LogP contribution in [0.5, 0.6) is 0 Å². The quantitative estimate of drug-likeness (QED) is 0.727. The molecule has 1 aliphatic heterocycles. The number of aliphatic hydroxyl groups excluding tert-OH is 1. The van der Waals surface area contributed by atoms with E-state index in [2.05, 4.69) is 29.6 Å². The number of benzene rings is 1. The molecule has 1 saturated heterocycles. The van der Waals surface area contributed by atoms with Gasteiger partial charge >= 0.3 is 0 Å². The number of hydrogen-bond acceptors (Lipinski definition) is 4. The van der Waals surface area contributed by atoms with Crippen molar-refractivity contribution in [2.24, 2.45) is 5.92 Å². The molecule has 2 aromatic rings. The molecule has 0 radical (unpaired) electrons. The molecule has 2 heterocycles. The van der Waals surface area contributed by atoms with Gasteiger partial charge < -0.3 is 15.7 Å². The van der Waals surface area contributed by atoms with Crippen molar-refractivity contribution >= 4 is 5.91 Å². The van der Waals surface area contributed by atoms with Crippen molar-refractivity contribution in [1.29, 1.82) is 0 Å². The van der Waals surface area contributed by atoms with Gasteiger partial charge in [0.2, 0.25) is 0 Å². The zero-order valence-corrected chi connectivity index (χ0v) is 16.4. The lowest BCUT2D eigenvalue weighted by atomic mass is 9.79. The minimum absolute atomic E-state index is 0.191. The molecular weight excluding hydrogens is 340 g/mol. The molecule has 6 nitrogen and oxygen atoms in total. The van der Waals surface area contributed by atoms with Crippen LogP contribution in [0, 0.1) is 5.92 Å². The molecular formula is C21H30N4O2. The van der Waals surface area contributed by atoms with E-state index in [1.165, 1.54) is 0 Å². The van der Waals surface area contributed by atoms with Crippen molar-refractivity contribution < 1.29 is 9.90 Å². The summed E-state index contributed by atoms with van der Waals surface area (Å²) in [5, 5.41) is 21.8. The van der Waals surface area contributed by atoms with E-state index in [-0.39, 0.29) is 5.91 Å². The number of carbonyl (C=O) groups is 1. The first-order chi connectivity index (χ1) is 13.0. The molecule has 1 aliphatic rings. The van der Waals surface area contributed by atoms with Crippen molar-refractivity contribution in [2.45, 2.75) is 51.8 Å². The number of amides is 1. The summed E-state index contributed by atoms with van der Waals surface area (Å²) < 4.78 is 1.75. The average Bonchev–Trinajstić information content (AvgIpc) is 3.06. The number of aromatic nitrogens is 2. The van der Waals surface area contributed by atoms with Crippen LogP contribution in [0.4, 0.5) is 0 Å². The van der Waals surface area contributed by atoms with Crippen molar-refractivity contribution in [3.63, 3.8) is 0 Å². The lowest BCUT2D eigenvalue weighted by Gasteiger charge is -2.42. The number of β-amino-alcohol motifs (C(OH)–C–C–N with tert-alkyl or cyclic N) is 1. The number of piperidine rings is 1. The van der Waals surface area contributed by atoms with E-state index >= 15 is 0 Å². The minimum atomic E-state index is -0.801. The third kappa shape index (κ3) is 4.06. The third-order valence-corrected chi connectivity index (χ3v) is 5.21. The summed E-state index contributed by atoms with van der Waals surface area (Å²) in [6.07, 6.45) is 0.762. The van der Waals surface area contributed by atoms with Crippen LogP contribution in [0.3, 0.4) is 0 Å². The summed E-state index contributed by atoms with van der Waals surface area (Å²) in [6.45, 7) is 8.07. The highest BCUT2D eigenvalue weighted by molar-refractivity contribution is 5.93. The number of aliphatic hydroxyl groups is 1. The molecule has 0 spiro atoms. The van der Waals surface area contributed by atoms with Crippen molar-refractivity contribution in [3.05, 3.63) is 53.3 Å². The second-order valence-electron chi connectivity index (χ2n) is 7.70. The standard InChI is InChI=1S/C21H30N4O2/c1-4-25-18(13-17(24-25)12-15(2)3)20(27)23-21(10-11-22-14-19(21)26)16-8-6-5-7-9-16/h5-9,13,15,19,22,26H,4,10-12,14H2,1-3H3,(H,23,27)/t19-,21+/m1/s1. The lowest BCUT2D eigenvalue weighted by molar-refractivity contribution is 0.0286. The second-order valence-corrected chi connectivity index (χ2v) is 7.70. The Labute approximate surface area is 161 Å². The summed E-state index contributed by atoms with van der Waals surface area (Å²) >= 11 is 0. The van der Waals surface area contributed by atoms with Crippen molar-refractivity contribution in [1.82, 2.24) is 20.4 Å². The van der Waals surface area contributed by atoms with Gasteiger partial charge in [-0.05, 0) is 43.9 Å². The van der Waals surface area contributed by atoms with Crippen LogP contribution in [-0.2, 0) is 18.5 Å².